The molecular formula is C18H19ClN2O5. The highest BCUT2D eigenvalue weighted by atomic mass is 35.5. The predicted octanol–water partition coefficient (Wildman–Crippen LogP) is 5.40. The van der Waals surface area contributed by atoms with Gasteiger partial charge in [0.2, 0.25) is 0 Å². The number of halogens is 1. The van der Waals surface area contributed by atoms with E-state index in [-0.39, 0.29) is 11.3 Å². The van der Waals surface area contributed by atoms with Crippen molar-refractivity contribution in [1.29, 1.82) is 0 Å². The van der Waals surface area contributed by atoms with Crippen molar-refractivity contribution < 1.29 is 19.6 Å². The number of carbonyl (C=O) groups is 1. The Balaban J connectivity index is 2.50. The van der Waals surface area contributed by atoms with Crippen LogP contribution in [0.2, 0.25) is 5.02 Å². The molecule has 0 spiro atoms. The average molecular weight is 379 g/mol. The first kappa shape index (κ1) is 19.5. The van der Waals surface area contributed by atoms with Crippen LogP contribution < -0.4 is 10.1 Å². The van der Waals surface area contributed by atoms with Crippen LogP contribution >= 0.6 is 11.6 Å². The van der Waals surface area contributed by atoms with Crippen LogP contribution in [0.4, 0.5) is 10.5 Å². The minimum absolute atomic E-state index is 0.183. The van der Waals surface area contributed by atoms with E-state index in [0.29, 0.717) is 16.5 Å². The smallest absolute Gasteiger partial charge is 0.405 e. The molecule has 1 atom stereocenters. The second kappa shape index (κ2) is 7.61. The molecule has 0 radical (unpaired) electrons. The van der Waals surface area contributed by atoms with Crippen LogP contribution in [-0.4, -0.2) is 16.1 Å². The minimum atomic E-state index is -1.26. The molecule has 0 aromatic heterocycles. The number of nitro groups is 1. The Morgan fingerprint density at radius 1 is 1.23 bits per heavy atom. The molecule has 0 aliphatic heterocycles. The van der Waals surface area contributed by atoms with Crippen molar-refractivity contribution in [3.8, 4) is 11.5 Å². The Kier molecular flexibility index (Phi) is 5.72. The Morgan fingerprint density at radius 3 is 2.42 bits per heavy atom. The third-order valence-corrected chi connectivity index (χ3v) is 3.91. The van der Waals surface area contributed by atoms with E-state index < -0.39 is 22.5 Å². The highest BCUT2D eigenvalue weighted by Crippen LogP contribution is 2.40. The summed E-state index contributed by atoms with van der Waals surface area (Å²) in [6, 6.07) is 10.2. The van der Waals surface area contributed by atoms with Gasteiger partial charge >= 0.3 is 6.09 Å². The molecule has 0 heterocycles. The topological polar surface area (TPSA) is 102 Å². The van der Waals surface area contributed by atoms with Crippen molar-refractivity contribution in [2.24, 2.45) is 5.41 Å². The molecule has 1 unspecified atom stereocenters. The molecule has 8 heteroatoms. The van der Waals surface area contributed by atoms with Crippen LogP contribution in [-0.2, 0) is 0 Å². The molecule has 26 heavy (non-hydrogen) atoms. The van der Waals surface area contributed by atoms with Gasteiger partial charge in [-0.15, -0.1) is 0 Å². The lowest BCUT2D eigenvalue weighted by Crippen LogP contribution is -2.36. The number of carboxylic acid groups (broad SMARTS) is 1. The van der Waals surface area contributed by atoms with E-state index in [0.717, 1.165) is 0 Å². The van der Waals surface area contributed by atoms with Gasteiger partial charge in [-0.05, 0) is 35.7 Å². The van der Waals surface area contributed by atoms with E-state index in [1.807, 2.05) is 0 Å². The molecule has 0 saturated carbocycles. The van der Waals surface area contributed by atoms with Gasteiger partial charge in [0.1, 0.15) is 11.5 Å². The molecular weight excluding hydrogens is 360 g/mol. The molecule has 2 aromatic rings. The van der Waals surface area contributed by atoms with Crippen molar-refractivity contribution in [3.63, 3.8) is 0 Å². The maximum Gasteiger partial charge on any atom is 0.405 e. The first-order valence-electron chi connectivity index (χ1n) is 7.79. The van der Waals surface area contributed by atoms with Crippen molar-refractivity contribution in [2.45, 2.75) is 26.8 Å². The van der Waals surface area contributed by atoms with Gasteiger partial charge in [0.15, 0.2) is 0 Å². The van der Waals surface area contributed by atoms with Gasteiger partial charge in [-0.2, -0.15) is 0 Å². The van der Waals surface area contributed by atoms with Gasteiger partial charge in [0.05, 0.1) is 16.5 Å². The largest absolute Gasteiger partial charge is 0.465 e. The lowest BCUT2D eigenvalue weighted by molar-refractivity contribution is -0.386. The molecule has 0 aliphatic rings. The number of hydrogen-bond acceptors (Lipinski definition) is 4. The summed E-state index contributed by atoms with van der Waals surface area (Å²) in [5.74, 6) is 0.810. The number of amides is 1. The van der Waals surface area contributed by atoms with Gasteiger partial charge in [0.25, 0.3) is 5.69 Å². The fourth-order valence-corrected chi connectivity index (χ4v) is 2.72. The van der Waals surface area contributed by atoms with Gasteiger partial charge < -0.3 is 15.2 Å². The van der Waals surface area contributed by atoms with Crippen molar-refractivity contribution in [2.75, 3.05) is 0 Å². The third-order valence-electron chi connectivity index (χ3n) is 3.67. The molecule has 7 nitrogen and oxygen atoms in total. The molecule has 2 rings (SSSR count). The Hall–Kier alpha value is -2.80. The number of ether oxygens (including phenoxy) is 1. The molecule has 2 aromatic carbocycles. The lowest BCUT2D eigenvalue weighted by atomic mass is 9.81. The summed E-state index contributed by atoms with van der Waals surface area (Å²) in [6.45, 7) is 5.38. The maximum absolute atomic E-state index is 11.4. The first-order chi connectivity index (χ1) is 12.1. The summed E-state index contributed by atoms with van der Waals surface area (Å²) in [6.07, 6.45) is -1.26. The number of nitrogens with one attached hydrogen (secondary N) is 1. The summed E-state index contributed by atoms with van der Waals surface area (Å²) in [5, 5.41) is 23.4. The van der Waals surface area contributed by atoms with Crippen molar-refractivity contribution in [3.05, 3.63) is 63.2 Å². The zero-order valence-electron chi connectivity index (χ0n) is 14.5. The van der Waals surface area contributed by atoms with Gasteiger partial charge in [0, 0.05) is 11.1 Å². The molecule has 0 fully saturated rings. The number of rotatable bonds is 5. The highest BCUT2D eigenvalue weighted by molar-refractivity contribution is 6.30. The zero-order valence-corrected chi connectivity index (χ0v) is 15.3. The quantitative estimate of drug-likeness (QED) is 0.536. The molecule has 138 valence electrons. The standard InChI is InChI=1S/C18H19ClN2O5/c1-18(2,3)16(20-17(22)23)14-10-13(7-8-15(14)21(24)25)26-12-6-4-5-11(19)9-12/h4-10,16,20H,1-3H3,(H,22,23). The molecule has 0 aliphatic carbocycles. The third kappa shape index (κ3) is 4.86. The van der Waals surface area contributed by atoms with Gasteiger partial charge in [-0.25, -0.2) is 4.79 Å². The molecule has 0 saturated heterocycles. The molecule has 2 N–H and O–H groups in total. The van der Waals surface area contributed by atoms with Crippen LogP contribution in [0.25, 0.3) is 0 Å². The summed E-state index contributed by atoms with van der Waals surface area (Å²) < 4.78 is 5.72. The average Bonchev–Trinajstić information content (AvgIpc) is 2.51. The summed E-state index contributed by atoms with van der Waals surface area (Å²) in [5.41, 5.74) is -0.556. The van der Waals surface area contributed by atoms with Crippen molar-refractivity contribution in [1.82, 2.24) is 5.32 Å². The van der Waals surface area contributed by atoms with E-state index >= 15 is 0 Å². The van der Waals surface area contributed by atoms with E-state index in [1.54, 1.807) is 45.0 Å². The van der Waals surface area contributed by atoms with Crippen LogP contribution in [0.1, 0.15) is 32.4 Å². The summed E-state index contributed by atoms with van der Waals surface area (Å²) in [7, 11) is 0. The van der Waals surface area contributed by atoms with E-state index in [4.69, 9.17) is 21.4 Å². The molecule has 1 amide bonds. The maximum atomic E-state index is 11.4. The number of hydrogen-bond donors (Lipinski definition) is 2. The van der Waals surface area contributed by atoms with E-state index in [9.17, 15) is 14.9 Å². The Bertz CT molecular complexity index is 833. The summed E-state index contributed by atoms with van der Waals surface area (Å²) >= 11 is 5.93. The van der Waals surface area contributed by atoms with Crippen LogP contribution in [0.15, 0.2) is 42.5 Å². The van der Waals surface area contributed by atoms with Crippen LogP contribution in [0.5, 0.6) is 11.5 Å². The Labute approximate surface area is 155 Å². The number of nitrogens with zero attached hydrogens (tertiary/aromatic N) is 1. The van der Waals surface area contributed by atoms with Gasteiger partial charge in [-0.3, -0.25) is 10.1 Å². The fraction of sp³-hybridized carbons (Fsp3) is 0.278. The second-order valence-electron chi connectivity index (χ2n) is 6.79. The normalized spacial score (nSPS) is 12.3. The van der Waals surface area contributed by atoms with Crippen LogP contribution in [0.3, 0.4) is 0 Å². The Morgan fingerprint density at radius 2 is 1.88 bits per heavy atom. The van der Waals surface area contributed by atoms with Crippen molar-refractivity contribution >= 4 is 23.4 Å². The zero-order chi connectivity index (χ0) is 19.5. The van der Waals surface area contributed by atoms with E-state index in [1.165, 1.54) is 18.2 Å². The highest BCUT2D eigenvalue weighted by Gasteiger charge is 2.33. The number of nitro benzene ring substituents is 1. The van der Waals surface area contributed by atoms with E-state index in [2.05, 4.69) is 5.32 Å². The monoisotopic (exact) mass is 378 g/mol. The SMILES string of the molecule is CC(C)(C)C(NC(=O)O)c1cc(Oc2cccc(Cl)c2)ccc1[N+](=O)[O-]. The first-order valence-corrected chi connectivity index (χ1v) is 8.17. The fourth-order valence-electron chi connectivity index (χ4n) is 2.54. The minimum Gasteiger partial charge on any atom is -0.465 e. The number of benzene rings is 2. The van der Waals surface area contributed by atoms with Gasteiger partial charge in [-0.1, -0.05) is 38.4 Å². The summed E-state index contributed by atoms with van der Waals surface area (Å²) in [4.78, 5) is 22.1. The lowest BCUT2D eigenvalue weighted by Gasteiger charge is -2.30. The molecule has 0 bridgehead atoms. The predicted molar refractivity (Wildman–Crippen MR) is 98.0 cm³/mol. The second-order valence-corrected chi connectivity index (χ2v) is 7.22. The van der Waals surface area contributed by atoms with Crippen LogP contribution in [0, 0.1) is 15.5 Å².